The molecule has 4 heterocycles. The monoisotopic (exact) mass is 513 g/mol. The maximum absolute atomic E-state index is 13.2. The Morgan fingerprint density at radius 1 is 1.23 bits per heavy atom. The number of benzene rings is 1. The van der Waals surface area contributed by atoms with Crippen molar-refractivity contribution in [1.29, 1.82) is 0 Å². The molecule has 0 radical (unpaired) electrons. The van der Waals surface area contributed by atoms with Crippen LogP contribution in [0.3, 0.4) is 0 Å². The molecule has 2 aromatic heterocycles. The van der Waals surface area contributed by atoms with E-state index in [4.69, 9.17) is 28.2 Å². The lowest BCUT2D eigenvalue weighted by Gasteiger charge is -2.32. The van der Waals surface area contributed by atoms with Gasteiger partial charge >= 0.3 is 5.97 Å². The molecule has 1 N–H and O–H groups in total. The zero-order valence-electron chi connectivity index (χ0n) is 19.3. The third kappa shape index (κ3) is 4.12. The number of aliphatic carboxylic acids is 1. The van der Waals surface area contributed by atoms with E-state index in [0.29, 0.717) is 52.1 Å². The predicted octanol–water partition coefficient (Wildman–Crippen LogP) is 4.64. The van der Waals surface area contributed by atoms with E-state index in [0.717, 1.165) is 5.56 Å². The number of carboxylic acid groups (broad SMARTS) is 1. The van der Waals surface area contributed by atoms with Crippen LogP contribution in [0.25, 0.3) is 22.4 Å². The lowest BCUT2D eigenvalue weighted by molar-refractivity contribution is -0.149. The van der Waals surface area contributed by atoms with Gasteiger partial charge in [-0.1, -0.05) is 25.4 Å². The summed E-state index contributed by atoms with van der Waals surface area (Å²) < 4.78 is 7.67. The van der Waals surface area contributed by atoms with Crippen LogP contribution in [0.5, 0.6) is 0 Å². The van der Waals surface area contributed by atoms with Crippen LogP contribution in [0.2, 0.25) is 5.02 Å². The van der Waals surface area contributed by atoms with E-state index < -0.39 is 17.4 Å². The van der Waals surface area contributed by atoms with Crippen LogP contribution in [0.1, 0.15) is 43.6 Å². The van der Waals surface area contributed by atoms with E-state index in [1.807, 2.05) is 32.0 Å². The average molecular weight is 514 g/mol. The van der Waals surface area contributed by atoms with Gasteiger partial charge in [0.15, 0.2) is 10.7 Å². The summed E-state index contributed by atoms with van der Waals surface area (Å²) in [5.74, 6) is -0.812. The second-order valence-corrected chi connectivity index (χ2v) is 10.6. The molecule has 1 atom stereocenters. The van der Waals surface area contributed by atoms with E-state index in [9.17, 15) is 19.5 Å². The van der Waals surface area contributed by atoms with Crippen molar-refractivity contribution in [2.75, 3.05) is 13.1 Å². The summed E-state index contributed by atoms with van der Waals surface area (Å²) in [6.45, 7) is 4.43. The van der Waals surface area contributed by atoms with Gasteiger partial charge in [0, 0.05) is 42.2 Å². The van der Waals surface area contributed by atoms with E-state index in [1.54, 1.807) is 22.8 Å². The summed E-state index contributed by atoms with van der Waals surface area (Å²) in [6, 6.07) is 10.0. The summed E-state index contributed by atoms with van der Waals surface area (Å²) in [5.41, 5.74) is 1.91. The Morgan fingerprint density at radius 2 is 1.94 bits per heavy atom. The number of carboxylic acids is 1. The lowest BCUT2D eigenvalue weighted by atomic mass is 9.88. The number of furan rings is 1. The first kappa shape index (κ1) is 23.6. The first-order chi connectivity index (χ1) is 16.6. The fourth-order valence-corrected chi connectivity index (χ4v) is 5.38. The zero-order chi connectivity index (χ0) is 25.1. The van der Waals surface area contributed by atoms with Crippen LogP contribution in [0, 0.1) is 5.41 Å². The van der Waals surface area contributed by atoms with E-state index >= 15 is 0 Å². The molecule has 5 rings (SSSR count). The average Bonchev–Trinajstić information content (AvgIpc) is 3.53. The number of aromatic nitrogens is 1. The normalized spacial score (nSPS) is 18.1. The molecule has 35 heavy (non-hydrogen) atoms. The largest absolute Gasteiger partial charge is 0.480 e. The van der Waals surface area contributed by atoms with E-state index in [-0.39, 0.29) is 24.8 Å². The molecule has 2 aliphatic rings. The maximum atomic E-state index is 13.2. The van der Waals surface area contributed by atoms with E-state index in [2.05, 4.69) is 0 Å². The van der Waals surface area contributed by atoms with Gasteiger partial charge in [0.25, 0.3) is 5.91 Å². The Balaban J connectivity index is 1.35. The summed E-state index contributed by atoms with van der Waals surface area (Å²) in [4.78, 5) is 40.5. The number of amides is 2. The van der Waals surface area contributed by atoms with Gasteiger partial charge < -0.3 is 14.4 Å². The first-order valence-corrected chi connectivity index (χ1v) is 12.1. The Labute approximate surface area is 212 Å². The number of carbonyl (C=O) groups is 3. The van der Waals surface area contributed by atoms with Crippen molar-refractivity contribution in [2.45, 2.75) is 39.2 Å². The molecule has 0 spiro atoms. The summed E-state index contributed by atoms with van der Waals surface area (Å²) in [5, 5.41) is 10.4. The Hall–Kier alpha value is -3.17. The number of halogens is 1. The van der Waals surface area contributed by atoms with Crippen LogP contribution in [-0.2, 0) is 9.59 Å². The Kier molecular flexibility index (Phi) is 5.72. The highest BCUT2D eigenvalue weighted by atomic mass is 35.5. The lowest BCUT2D eigenvalue weighted by Crippen LogP contribution is -2.45. The summed E-state index contributed by atoms with van der Waals surface area (Å²) in [6.07, 6.45) is 1.25. The smallest absolute Gasteiger partial charge is 0.326 e. The minimum absolute atomic E-state index is 0.111. The van der Waals surface area contributed by atoms with Gasteiger partial charge in [-0.2, -0.15) is 0 Å². The van der Waals surface area contributed by atoms with Crippen LogP contribution >= 0.6 is 23.8 Å². The Morgan fingerprint density at radius 3 is 2.63 bits per heavy atom. The molecule has 0 bridgehead atoms. The number of carbonyl (C=O) groups excluding carboxylic acids is 2. The van der Waals surface area contributed by atoms with Crippen molar-refractivity contribution >= 4 is 57.8 Å². The van der Waals surface area contributed by atoms with E-state index in [1.165, 1.54) is 9.80 Å². The zero-order valence-corrected chi connectivity index (χ0v) is 20.9. The molecule has 1 saturated heterocycles. The highest BCUT2D eigenvalue weighted by Crippen LogP contribution is 2.35. The molecule has 2 amide bonds. The molecule has 2 aliphatic heterocycles. The Bertz CT molecular complexity index is 1370. The fraction of sp³-hybridized carbons (Fsp3) is 0.360. The molecule has 3 aromatic rings. The van der Waals surface area contributed by atoms with Gasteiger partial charge in [0.1, 0.15) is 17.5 Å². The number of hydrogen-bond acceptors (Lipinski definition) is 5. The molecule has 0 aliphatic carbocycles. The van der Waals surface area contributed by atoms with Gasteiger partial charge in [-0.15, -0.1) is 0 Å². The summed E-state index contributed by atoms with van der Waals surface area (Å²) >= 11 is 11.7. The second kappa shape index (κ2) is 8.49. The topological polar surface area (TPSA) is 96.0 Å². The third-order valence-corrected chi connectivity index (χ3v) is 7.23. The third-order valence-electron chi connectivity index (χ3n) is 6.58. The second-order valence-electron chi connectivity index (χ2n) is 9.83. The fourth-order valence-electron chi connectivity index (χ4n) is 4.91. The molecule has 8 nitrogen and oxygen atoms in total. The van der Waals surface area contributed by atoms with Crippen LogP contribution in [0.4, 0.5) is 0 Å². The SMILES string of the molecule is CC(C)(CC(=O)N1CCC[C@@H]1C(=O)O)CN1C(=O)c2cc3oc(-c4ccc(Cl)cc4)cc3n2C1=S. The number of rotatable bonds is 6. The highest BCUT2D eigenvalue weighted by molar-refractivity contribution is 7.80. The minimum Gasteiger partial charge on any atom is -0.480 e. The molecular weight excluding hydrogens is 490 g/mol. The van der Waals surface area contributed by atoms with Crippen molar-refractivity contribution in [3.05, 3.63) is 47.1 Å². The van der Waals surface area contributed by atoms with Crippen molar-refractivity contribution in [2.24, 2.45) is 5.41 Å². The van der Waals surface area contributed by atoms with Gasteiger partial charge in [-0.3, -0.25) is 19.1 Å². The van der Waals surface area contributed by atoms with Crippen LogP contribution < -0.4 is 0 Å². The molecule has 0 unspecified atom stereocenters. The maximum Gasteiger partial charge on any atom is 0.326 e. The van der Waals surface area contributed by atoms with Crippen molar-refractivity contribution in [3.8, 4) is 11.3 Å². The molecule has 0 saturated carbocycles. The number of hydrogen-bond donors (Lipinski definition) is 1. The number of fused-ring (bicyclic) bond motifs is 3. The molecular formula is C25H24ClN3O5S. The van der Waals surface area contributed by atoms with Gasteiger partial charge in [0.05, 0.1) is 5.52 Å². The first-order valence-electron chi connectivity index (χ1n) is 11.4. The molecule has 1 aromatic carbocycles. The number of nitrogens with zero attached hydrogens (tertiary/aromatic N) is 3. The number of thiocarbonyl (C=S) groups is 1. The quantitative estimate of drug-likeness (QED) is 0.482. The van der Waals surface area contributed by atoms with Crippen molar-refractivity contribution < 1.29 is 23.9 Å². The van der Waals surface area contributed by atoms with Crippen LogP contribution in [-0.4, -0.2) is 61.5 Å². The van der Waals surface area contributed by atoms with Crippen LogP contribution in [0.15, 0.2) is 40.8 Å². The minimum atomic E-state index is -0.981. The molecule has 10 heteroatoms. The van der Waals surface area contributed by atoms with Crippen molar-refractivity contribution in [3.63, 3.8) is 0 Å². The molecule has 182 valence electrons. The van der Waals surface area contributed by atoms with Gasteiger partial charge in [0.2, 0.25) is 5.91 Å². The predicted molar refractivity (Wildman–Crippen MR) is 134 cm³/mol. The van der Waals surface area contributed by atoms with Gasteiger partial charge in [-0.25, -0.2) is 4.79 Å². The molecule has 1 fully saturated rings. The highest BCUT2D eigenvalue weighted by Gasteiger charge is 2.41. The number of likely N-dealkylation sites (tertiary alicyclic amines) is 1. The van der Waals surface area contributed by atoms with Crippen molar-refractivity contribution in [1.82, 2.24) is 14.4 Å². The standard InChI is InChI=1S/C25H24ClN3O5S/c1-25(2,12-21(30)27-9-3-4-16(27)23(32)33)13-28-22(31)18-11-20-17(29(18)24(28)35)10-19(34-20)14-5-7-15(26)8-6-14/h5-8,10-11,16H,3-4,9,12-13H2,1-2H3,(H,32,33)/t16-/m1/s1. The summed E-state index contributed by atoms with van der Waals surface area (Å²) in [7, 11) is 0. The van der Waals surface area contributed by atoms with Gasteiger partial charge in [-0.05, 0) is 54.7 Å².